The number of fused-ring (bicyclic) bond motifs is 2. The van der Waals surface area contributed by atoms with E-state index in [9.17, 15) is 4.79 Å². The molecule has 3 aromatic rings. The third-order valence-electron chi connectivity index (χ3n) is 4.75. The average molecular weight is 349 g/mol. The minimum Gasteiger partial charge on any atom is -0.488 e. The number of para-hydroxylation sites is 3. The largest absolute Gasteiger partial charge is 0.488 e. The minimum atomic E-state index is -0.00920. The molecule has 0 saturated heterocycles. The van der Waals surface area contributed by atoms with Crippen LogP contribution in [0.15, 0.2) is 48.5 Å². The number of nitrogens with zero attached hydrogens (tertiary/aromatic N) is 2. The summed E-state index contributed by atoms with van der Waals surface area (Å²) in [6.07, 6.45) is 2.71. The highest BCUT2D eigenvalue weighted by Crippen LogP contribution is 2.27. The maximum atomic E-state index is 12.5. The van der Waals surface area contributed by atoms with Crippen molar-refractivity contribution in [3.8, 4) is 5.75 Å². The number of imidazole rings is 1. The van der Waals surface area contributed by atoms with E-state index in [1.807, 2.05) is 47.0 Å². The van der Waals surface area contributed by atoms with E-state index in [0.29, 0.717) is 6.54 Å². The Morgan fingerprint density at radius 1 is 1.23 bits per heavy atom. The Balaban J connectivity index is 1.41. The summed E-state index contributed by atoms with van der Waals surface area (Å²) in [4.78, 5) is 17.2. The van der Waals surface area contributed by atoms with Crippen molar-refractivity contribution < 1.29 is 9.53 Å². The number of amides is 1. The molecule has 26 heavy (non-hydrogen) atoms. The zero-order valence-electron chi connectivity index (χ0n) is 14.9. The van der Waals surface area contributed by atoms with Gasteiger partial charge in [-0.1, -0.05) is 37.3 Å². The van der Waals surface area contributed by atoms with E-state index >= 15 is 0 Å². The number of ether oxygens (including phenoxy) is 1. The van der Waals surface area contributed by atoms with Crippen LogP contribution in [-0.4, -0.2) is 28.1 Å². The van der Waals surface area contributed by atoms with Crippen LogP contribution in [0.4, 0.5) is 0 Å². The first-order chi connectivity index (χ1) is 12.7. The summed E-state index contributed by atoms with van der Waals surface area (Å²) in [7, 11) is 0. The molecule has 1 amide bonds. The number of carbonyl (C=O) groups is 1. The molecule has 1 aliphatic rings. The van der Waals surface area contributed by atoms with Crippen LogP contribution in [0.3, 0.4) is 0 Å². The highest BCUT2D eigenvalue weighted by molar-refractivity contribution is 5.81. The molecule has 0 aliphatic carbocycles. The highest BCUT2D eigenvalue weighted by atomic mass is 16.5. The molecule has 1 aromatic heterocycles. The van der Waals surface area contributed by atoms with E-state index in [1.54, 1.807) is 0 Å². The zero-order chi connectivity index (χ0) is 17.9. The molecule has 1 N–H and O–H groups in total. The van der Waals surface area contributed by atoms with Crippen LogP contribution in [0.1, 0.15) is 24.7 Å². The first-order valence-corrected chi connectivity index (χ1v) is 9.20. The summed E-state index contributed by atoms with van der Waals surface area (Å²) in [5, 5.41) is 3.02. The molecule has 0 fully saturated rings. The van der Waals surface area contributed by atoms with Crippen molar-refractivity contribution in [2.45, 2.75) is 38.8 Å². The van der Waals surface area contributed by atoms with Gasteiger partial charge in [-0.3, -0.25) is 4.79 Å². The minimum absolute atomic E-state index is 0.00555. The molecule has 2 aromatic carbocycles. The number of benzene rings is 2. The summed E-state index contributed by atoms with van der Waals surface area (Å²) >= 11 is 0. The molecule has 0 radical (unpaired) electrons. The van der Waals surface area contributed by atoms with Gasteiger partial charge < -0.3 is 14.6 Å². The molecule has 0 saturated carbocycles. The fraction of sp³-hybridized carbons (Fsp3) is 0.333. The van der Waals surface area contributed by atoms with E-state index in [4.69, 9.17) is 4.74 Å². The summed E-state index contributed by atoms with van der Waals surface area (Å²) in [6.45, 7) is 2.93. The van der Waals surface area contributed by atoms with Gasteiger partial charge in [-0.15, -0.1) is 0 Å². The third-order valence-corrected chi connectivity index (χ3v) is 4.75. The number of rotatable bonds is 6. The summed E-state index contributed by atoms with van der Waals surface area (Å²) in [5.74, 6) is 1.89. The lowest BCUT2D eigenvalue weighted by Crippen LogP contribution is -2.36. The normalized spacial score (nSPS) is 15.7. The molecule has 5 heteroatoms. The summed E-state index contributed by atoms with van der Waals surface area (Å²) < 4.78 is 7.92. The van der Waals surface area contributed by atoms with Crippen LogP contribution in [0, 0.1) is 0 Å². The Labute approximate surface area is 153 Å². The molecular weight excluding hydrogens is 326 g/mol. The average Bonchev–Trinajstić information content (AvgIpc) is 3.22. The fourth-order valence-electron chi connectivity index (χ4n) is 3.51. The Kier molecular flexibility index (Phi) is 4.61. The summed E-state index contributed by atoms with van der Waals surface area (Å²) in [6, 6.07) is 16.0. The second-order valence-electron chi connectivity index (χ2n) is 6.71. The van der Waals surface area contributed by atoms with Gasteiger partial charge in [-0.25, -0.2) is 4.98 Å². The van der Waals surface area contributed by atoms with Gasteiger partial charge in [0.15, 0.2) is 0 Å². The Morgan fingerprint density at radius 3 is 2.88 bits per heavy atom. The van der Waals surface area contributed by atoms with Crippen molar-refractivity contribution in [2.75, 3.05) is 6.54 Å². The predicted molar refractivity (Wildman–Crippen MR) is 101 cm³/mol. The van der Waals surface area contributed by atoms with E-state index in [-0.39, 0.29) is 18.6 Å². The van der Waals surface area contributed by atoms with Gasteiger partial charge in [0.05, 0.1) is 17.6 Å². The van der Waals surface area contributed by atoms with Gasteiger partial charge in [0.2, 0.25) is 5.91 Å². The second-order valence-corrected chi connectivity index (χ2v) is 6.71. The first kappa shape index (κ1) is 16.6. The topological polar surface area (TPSA) is 56.2 Å². The Bertz CT molecular complexity index is 907. The van der Waals surface area contributed by atoms with E-state index in [2.05, 4.69) is 23.3 Å². The Morgan fingerprint density at radius 2 is 2.04 bits per heavy atom. The van der Waals surface area contributed by atoms with Crippen LogP contribution in [0.25, 0.3) is 11.0 Å². The van der Waals surface area contributed by atoms with Crippen molar-refractivity contribution in [2.24, 2.45) is 0 Å². The molecule has 0 spiro atoms. The monoisotopic (exact) mass is 349 g/mol. The van der Waals surface area contributed by atoms with Crippen LogP contribution in [0.5, 0.6) is 5.75 Å². The fourth-order valence-corrected chi connectivity index (χ4v) is 3.51. The van der Waals surface area contributed by atoms with E-state index < -0.39 is 0 Å². The van der Waals surface area contributed by atoms with Crippen molar-refractivity contribution in [1.82, 2.24) is 14.9 Å². The molecule has 1 aliphatic heterocycles. The van der Waals surface area contributed by atoms with E-state index in [1.165, 1.54) is 5.56 Å². The first-order valence-electron chi connectivity index (χ1n) is 9.20. The number of hydrogen-bond donors (Lipinski definition) is 1. The number of nitrogens with one attached hydrogen (secondary N) is 1. The maximum absolute atomic E-state index is 12.5. The smallest absolute Gasteiger partial charge is 0.240 e. The van der Waals surface area contributed by atoms with Gasteiger partial charge in [0.25, 0.3) is 0 Å². The molecule has 2 heterocycles. The zero-order valence-corrected chi connectivity index (χ0v) is 14.9. The van der Waals surface area contributed by atoms with Crippen molar-refractivity contribution in [1.29, 1.82) is 0 Å². The van der Waals surface area contributed by atoms with Gasteiger partial charge in [-0.2, -0.15) is 0 Å². The lowest BCUT2D eigenvalue weighted by Gasteiger charge is -2.13. The van der Waals surface area contributed by atoms with Crippen LogP contribution in [-0.2, 0) is 24.2 Å². The SMILES string of the molecule is CCCc1nc2ccccc2n1CC(=O)NCC1Cc2ccccc2O1. The molecule has 5 nitrogen and oxygen atoms in total. The molecule has 4 rings (SSSR count). The molecule has 1 atom stereocenters. The van der Waals surface area contributed by atoms with Crippen LogP contribution < -0.4 is 10.1 Å². The standard InChI is InChI=1S/C21H23N3O2/c1-2-7-20-23-17-9-4-5-10-18(17)24(20)14-21(25)22-13-16-12-15-8-3-6-11-19(15)26-16/h3-6,8-11,16H,2,7,12-14H2,1H3,(H,22,25). The van der Waals surface area contributed by atoms with Gasteiger partial charge in [-0.05, 0) is 30.2 Å². The van der Waals surface area contributed by atoms with Crippen molar-refractivity contribution in [3.05, 3.63) is 59.9 Å². The second kappa shape index (κ2) is 7.20. The van der Waals surface area contributed by atoms with Gasteiger partial charge in [0.1, 0.15) is 24.2 Å². The molecular formula is C21H23N3O2. The molecule has 134 valence electrons. The van der Waals surface area contributed by atoms with Crippen LogP contribution in [0.2, 0.25) is 0 Å². The lowest BCUT2D eigenvalue weighted by atomic mass is 10.1. The Hall–Kier alpha value is -2.82. The summed E-state index contributed by atoms with van der Waals surface area (Å²) in [5.41, 5.74) is 3.16. The molecule has 1 unspecified atom stereocenters. The van der Waals surface area contributed by atoms with Crippen LogP contribution >= 0.6 is 0 Å². The quantitative estimate of drug-likeness (QED) is 0.744. The highest BCUT2D eigenvalue weighted by Gasteiger charge is 2.23. The van der Waals surface area contributed by atoms with Gasteiger partial charge >= 0.3 is 0 Å². The lowest BCUT2D eigenvalue weighted by molar-refractivity contribution is -0.122. The number of carbonyl (C=O) groups excluding carboxylic acids is 1. The van der Waals surface area contributed by atoms with Crippen molar-refractivity contribution >= 4 is 16.9 Å². The number of aromatic nitrogens is 2. The number of hydrogen-bond acceptors (Lipinski definition) is 3. The van der Waals surface area contributed by atoms with Gasteiger partial charge in [0, 0.05) is 12.8 Å². The number of aryl methyl sites for hydroxylation is 1. The van der Waals surface area contributed by atoms with E-state index in [0.717, 1.165) is 41.9 Å². The predicted octanol–water partition coefficient (Wildman–Crippen LogP) is 3.11. The van der Waals surface area contributed by atoms with Crippen molar-refractivity contribution in [3.63, 3.8) is 0 Å². The molecule has 0 bridgehead atoms. The third kappa shape index (κ3) is 3.29. The maximum Gasteiger partial charge on any atom is 0.240 e.